The number of carbonyl (C=O) groups excluding carboxylic acids is 1. The Labute approximate surface area is 153 Å². The number of benzene rings is 3. The van der Waals surface area contributed by atoms with E-state index in [1.54, 1.807) is 18.2 Å². The van der Waals surface area contributed by atoms with Crippen LogP contribution >= 0.6 is 0 Å². The molecule has 0 bridgehead atoms. The number of rotatable bonds is 5. The lowest BCUT2D eigenvalue weighted by atomic mass is 9.95. The van der Waals surface area contributed by atoms with Gasteiger partial charge in [0.25, 0.3) is 0 Å². The zero-order valence-electron chi connectivity index (χ0n) is 14.5. The molecule has 3 aromatic rings. The molecule has 0 saturated heterocycles. The van der Waals surface area contributed by atoms with Crippen LogP contribution in [0.1, 0.15) is 28.3 Å². The van der Waals surface area contributed by atoms with E-state index >= 15 is 0 Å². The third kappa shape index (κ3) is 4.45. The molecule has 0 aliphatic rings. The third-order valence-electron chi connectivity index (χ3n) is 4.22. The summed E-state index contributed by atoms with van der Waals surface area (Å²) in [4.78, 5) is 12.5. The van der Waals surface area contributed by atoms with Crippen LogP contribution in [0.2, 0.25) is 0 Å². The Hall–Kier alpha value is -3.20. The van der Waals surface area contributed by atoms with Crippen molar-refractivity contribution < 1.29 is 9.18 Å². The minimum atomic E-state index is -0.296. The number of hydrogen-bond donors (Lipinski definition) is 1. The largest absolute Gasteiger partial charge is 0.342 e. The van der Waals surface area contributed by atoms with Crippen LogP contribution in [0.25, 0.3) is 6.08 Å². The molecule has 3 rings (SSSR count). The van der Waals surface area contributed by atoms with Crippen molar-refractivity contribution in [3.8, 4) is 0 Å². The van der Waals surface area contributed by atoms with E-state index < -0.39 is 0 Å². The number of aryl methyl sites for hydroxylation is 1. The Morgan fingerprint density at radius 3 is 2.27 bits per heavy atom. The smallest absolute Gasteiger partial charge is 0.244 e. The Kier molecular flexibility index (Phi) is 5.59. The van der Waals surface area contributed by atoms with Gasteiger partial charge in [0.1, 0.15) is 5.82 Å². The van der Waals surface area contributed by atoms with Crippen molar-refractivity contribution >= 4 is 12.0 Å². The Morgan fingerprint density at radius 1 is 0.923 bits per heavy atom. The molecule has 130 valence electrons. The highest BCUT2D eigenvalue weighted by atomic mass is 19.1. The van der Waals surface area contributed by atoms with Crippen LogP contribution in [0.4, 0.5) is 4.39 Å². The van der Waals surface area contributed by atoms with Crippen LogP contribution < -0.4 is 5.32 Å². The van der Waals surface area contributed by atoms with Crippen molar-refractivity contribution in [2.24, 2.45) is 0 Å². The molecule has 0 heterocycles. The molecule has 0 saturated carbocycles. The van der Waals surface area contributed by atoms with Gasteiger partial charge in [0.2, 0.25) is 5.91 Å². The normalized spacial score (nSPS) is 12.1. The van der Waals surface area contributed by atoms with Gasteiger partial charge < -0.3 is 5.32 Å². The Balaban J connectivity index is 1.83. The topological polar surface area (TPSA) is 29.1 Å². The molecule has 0 spiro atoms. The van der Waals surface area contributed by atoms with E-state index in [0.717, 1.165) is 22.3 Å². The van der Waals surface area contributed by atoms with Crippen molar-refractivity contribution in [1.29, 1.82) is 0 Å². The number of hydrogen-bond acceptors (Lipinski definition) is 1. The van der Waals surface area contributed by atoms with Gasteiger partial charge in [-0.1, -0.05) is 66.7 Å². The number of nitrogens with one attached hydrogen (secondary N) is 1. The summed E-state index contributed by atoms with van der Waals surface area (Å²) >= 11 is 0. The quantitative estimate of drug-likeness (QED) is 0.644. The molecule has 3 heteroatoms. The van der Waals surface area contributed by atoms with Crippen molar-refractivity contribution in [2.75, 3.05) is 0 Å². The molecule has 0 fully saturated rings. The molecule has 0 aliphatic heterocycles. The lowest BCUT2D eigenvalue weighted by molar-refractivity contribution is -0.116. The first-order valence-corrected chi connectivity index (χ1v) is 8.48. The molecule has 0 radical (unpaired) electrons. The van der Waals surface area contributed by atoms with E-state index in [2.05, 4.69) is 5.32 Å². The van der Waals surface area contributed by atoms with Crippen LogP contribution in [0, 0.1) is 12.7 Å². The first-order valence-electron chi connectivity index (χ1n) is 8.48. The van der Waals surface area contributed by atoms with Gasteiger partial charge in [-0.05, 0) is 47.4 Å². The summed E-state index contributed by atoms with van der Waals surface area (Å²) in [7, 11) is 0. The average molecular weight is 345 g/mol. The maximum atomic E-state index is 13.0. The predicted octanol–water partition coefficient (Wildman–Crippen LogP) is 5.05. The van der Waals surface area contributed by atoms with Crippen molar-refractivity contribution in [3.63, 3.8) is 0 Å². The Bertz CT molecular complexity index is 901. The van der Waals surface area contributed by atoms with E-state index in [0.29, 0.717) is 0 Å². The van der Waals surface area contributed by atoms with E-state index in [-0.39, 0.29) is 17.8 Å². The van der Waals surface area contributed by atoms with Gasteiger partial charge in [-0.25, -0.2) is 4.39 Å². The highest BCUT2D eigenvalue weighted by Crippen LogP contribution is 2.24. The summed E-state index contributed by atoms with van der Waals surface area (Å²) in [6, 6.07) is 23.7. The molecule has 0 aromatic heterocycles. The second-order valence-corrected chi connectivity index (χ2v) is 6.09. The maximum Gasteiger partial charge on any atom is 0.244 e. The predicted molar refractivity (Wildman–Crippen MR) is 103 cm³/mol. The highest BCUT2D eigenvalue weighted by Gasteiger charge is 2.17. The summed E-state index contributed by atoms with van der Waals surface area (Å²) in [6.07, 6.45) is 3.15. The molecule has 1 amide bonds. The van der Waals surface area contributed by atoms with Gasteiger partial charge >= 0.3 is 0 Å². The van der Waals surface area contributed by atoms with Gasteiger partial charge in [0.05, 0.1) is 6.04 Å². The van der Waals surface area contributed by atoms with E-state index in [1.807, 2.05) is 61.5 Å². The van der Waals surface area contributed by atoms with Crippen LogP contribution in [-0.4, -0.2) is 5.91 Å². The number of amides is 1. The summed E-state index contributed by atoms with van der Waals surface area (Å²) in [5.41, 5.74) is 3.96. The van der Waals surface area contributed by atoms with Crippen LogP contribution in [0.15, 0.2) is 84.9 Å². The fourth-order valence-corrected chi connectivity index (χ4v) is 2.83. The monoisotopic (exact) mass is 345 g/mol. The van der Waals surface area contributed by atoms with E-state index in [4.69, 9.17) is 0 Å². The lowest BCUT2D eigenvalue weighted by Crippen LogP contribution is -2.28. The van der Waals surface area contributed by atoms with Gasteiger partial charge in [-0.3, -0.25) is 4.79 Å². The minimum absolute atomic E-state index is 0.202. The first kappa shape index (κ1) is 17.6. The van der Waals surface area contributed by atoms with Gasteiger partial charge in [0, 0.05) is 6.08 Å². The maximum absolute atomic E-state index is 13.0. The van der Waals surface area contributed by atoms with Crippen molar-refractivity contribution in [1.82, 2.24) is 5.32 Å². The molecule has 1 N–H and O–H groups in total. The summed E-state index contributed by atoms with van der Waals surface area (Å²) < 4.78 is 13.0. The molecule has 3 aromatic carbocycles. The van der Waals surface area contributed by atoms with Crippen LogP contribution in [0.3, 0.4) is 0 Å². The standard InChI is InChI=1S/C23H20FNO/c1-17-7-5-6-10-21(17)23(19-8-3-2-4-9-19)25-22(26)16-13-18-11-14-20(24)15-12-18/h2-16,23H,1H3,(H,25,26)/b16-13+/t23-/m1/s1. The third-order valence-corrected chi connectivity index (χ3v) is 4.22. The zero-order valence-corrected chi connectivity index (χ0v) is 14.5. The number of carbonyl (C=O) groups is 1. The molecule has 1 atom stereocenters. The van der Waals surface area contributed by atoms with E-state index in [9.17, 15) is 9.18 Å². The molecule has 2 nitrogen and oxygen atoms in total. The van der Waals surface area contributed by atoms with Crippen molar-refractivity contribution in [2.45, 2.75) is 13.0 Å². The van der Waals surface area contributed by atoms with Gasteiger partial charge in [-0.15, -0.1) is 0 Å². The Morgan fingerprint density at radius 2 is 1.58 bits per heavy atom. The summed E-state index contributed by atoms with van der Waals surface area (Å²) in [6.45, 7) is 2.03. The average Bonchev–Trinajstić information content (AvgIpc) is 2.67. The van der Waals surface area contributed by atoms with Crippen LogP contribution in [-0.2, 0) is 4.79 Å². The second-order valence-electron chi connectivity index (χ2n) is 6.09. The molecule has 26 heavy (non-hydrogen) atoms. The lowest BCUT2D eigenvalue weighted by Gasteiger charge is -2.21. The molecular weight excluding hydrogens is 325 g/mol. The van der Waals surface area contributed by atoms with Crippen molar-refractivity contribution in [3.05, 3.63) is 113 Å². The fourth-order valence-electron chi connectivity index (χ4n) is 2.83. The number of halogens is 1. The second kappa shape index (κ2) is 8.26. The van der Waals surface area contributed by atoms with Gasteiger partial charge in [-0.2, -0.15) is 0 Å². The summed E-state index contributed by atoms with van der Waals surface area (Å²) in [5, 5.41) is 3.07. The zero-order chi connectivity index (χ0) is 18.4. The first-order chi connectivity index (χ1) is 12.6. The van der Waals surface area contributed by atoms with E-state index in [1.165, 1.54) is 18.2 Å². The summed E-state index contributed by atoms with van der Waals surface area (Å²) in [5.74, 6) is -0.498. The van der Waals surface area contributed by atoms with Gasteiger partial charge in [0.15, 0.2) is 0 Å². The minimum Gasteiger partial charge on any atom is -0.342 e. The molecule has 0 aliphatic carbocycles. The SMILES string of the molecule is Cc1ccccc1[C@H](NC(=O)/C=C/c1ccc(F)cc1)c1ccccc1. The molecule has 0 unspecified atom stereocenters. The fraction of sp³-hybridized carbons (Fsp3) is 0.0870. The van der Waals surface area contributed by atoms with Crippen LogP contribution in [0.5, 0.6) is 0 Å². The molecular formula is C23H20FNO. The highest BCUT2D eigenvalue weighted by molar-refractivity contribution is 5.92.